The Hall–Kier alpha value is -2.44. The second-order valence-corrected chi connectivity index (χ2v) is 3.92. The third-order valence-electron chi connectivity index (χ3n) is 2.71. The van der Waals surface area contributed by atoms with E-state index in [4.69, 9.17) is 4.74 Å². The number of nitrogens with one attached hydrogen (secondary N) is 1. The second-order valence-electron chi connectivity index (χ2n) is 3.92. The molecule has 0 amide bonds. The maximum Gasteiger partial charge on any atom is 0.322 e. The summed E-state index contributed by atoms with van der Waals surface area (Å²) >= 11 is 0. The molecule has 0 saturated carbocycles. The fraction of sp³-hybridized carbons (Fsp3) is 0.308. The first-order chi connectivity index (χ1) is 9.67. The molecule has 106 valence electrons. The van der Waals surface area contributed by atoms with E-state index in [0.29, 0.717) is 18.4 Å². The number of hydrogen-bond acceptors (Lipinski definition) is 6. The number of hydrogen-bond donors (Lipinski definition) is 1. The van der Waals surface area contributed by atoms with E-state index >= 15 is 0 Å². The van der Waals surface area contributed by atoms with Crippen LogP contribution in [0.2, 0.25) is 0 Å². The molecule has 6 nitrogen and oxygen atoms in total. The van der Waals surface area contributed by atoms with Crippen LogP contribution in [0.15, 0.2) is 24.3 Å². The monoisotopic (exact) mass is 277 g/mol. The van der Waals surface area contributed by atoms with Gasteiger partial charge in [0.1, 0.15) is 5.82 Å². The van der Waals surface area contributed by atoms with Crippen LogP contribution in [0.1, 0.15) is 6.92 Å². The molecule has 0 radical (unpaired) electrons. The molecular weight excluding hydrogens is 261 g/mol. The standard InChI is InChI=1S/C13H16FN5O/c1-4-19(10-7-5-9(14)6-8-10)12-16-11(15-2)17-13(18-12)20-3/h5-8H,4H2,1-3H3,(H,15,16,17,18). The van der Waals surface area contributed by atoms with Crippen LogP contribution in [0.3, 0.4) is 0 Å². The number of ether oxygens (including phenoxy) is 1. The van der Waals surface area contributed by atoms with Crippen LogP contribution in [0, 0.1) is 5.82 Å². The fourth-order valence-corrected chi connectivity index (χ4v) is 1.73. The van der Waals surface area contributed by atoms with Crippen LogP contribution in [0.25, 0.3) is 0 Å². The lowest BCUT2D eigenvalue weighted by Crippen LogP contribution is -2.20. The molecular formula is C13H16FN5O. The predicted molar refractivity (Wildman–Crippen MR) is 75.0 cm³/mol. The van der Waals surface area contributed by atoms with E-state index in [-0.39, 0.29) is 11.8 Å². The molecule has 2 aromatic rings. The summed E-state index contributed by atoms with van der Waals surface area (Å²) in [4.78, 5) is 14.4. The van der Waals surface area contributed by atoms with Crippen LogP contribution in [-0.4, -0.2) is 35.7 Å². The van der Waals surface area contributed by atoms with Crippen molar-refractivity contribution in [2.75, 3.05) is 30.9 Å². The first kappa shape index (κ1) is 14.0. The van der Waals surface area contributed by atoms with Crippen LogP contribution >= 0.6 is 0 Å². The minimum atomic E-state index is -0.283. The van der Waals surface area contributed by atoms with Gasteiger partial charge in [-0.3, -0.25) is 0 Å². The van der Waals surface area contributed by atoms with Crippen molar-refractivity contribution in [2.45, 2.75) is 6.92 Å². The highest BCUT2D eigenvalue weighted by Gasteiger charge is 2.14. The molecule has 2 rings (SSSR count). The quantitative estimate of drug-likeness (QED) is 0.904. The molecule has 7 heteroatoms. The molecule has 0 aliphatic carbocycles. The van der Waals surface area contributed by atoms with E-state index in [1.165, 1.54) is 19.2 Å². The highest BCUT2D eigenvalue weighted by molar-refractivity contribution is 5.57. The van der Waals surface area contributed by atoms with Crippen molar-refractivity contribution in [1.82, 2.24) is 15.0 Å². The zero-order valence-electron chi connectivity index (χ0n) is 11.6. The zero-order chi connectivity index (χ0) is 14.5. The SMILES string of the molecule is CCN(c1ccc(F)cc1)c1nc(NC)nc(OC)n1. The van der Waals surface area contributed by atoms with Crippen LogP contribution in [0.4, 0.5) is 22.0 Å². The fourth-order valence-electron chi connectivity index (χ4n) is 1.73. The molecule has 0 atom stereocenters. The largest absolute Gasteiger partial charge is 0.467 e. The van der Waals surface area contributed by atoms with Gasteiger partial charge in [-0.1, -0.05) is 0 Å². The summed E-state index contributed by atoms with van der Waals surface area (Å²) in [5.74, 6) is 0.566. The first-order valence-corrected chi connectivity index (χ1v) is 6.18. The lowest BCUT2D eigenvalue weighted by atomic mass is 10.3. The molecule has 1 aromatic carbocycles. The Bertz CT molecular complexity index is 553. The topological polar surface area (TPSA) is 63.2 Å². The van der Waals surface area contributed by atoms with Crippen molar-refractivity contribution in [3.63, 3.8) is 0 Å². The van der Waals surface area contributed by atoms with Crippen molar-refractivity contribution < 1.29 is 9.13 Å². The van der Waals surface area contributed by atoms with Crippen LogP contribution in [0.5, 0.6) is 6.01 Å². The van der Waals surface area contributed by atoms with Gasteiger partial charge in [-0.05, 0) is 31.2 Å². The summed E-state index contributed by atoms with van der Waals surface area (Å²) in [6.45, 7) is 2.58. The first-order valence-electron chi connectivity index (χ1n) is 6.18. The Labute approximate surface area is 116 Å². The number of halogens is 1. The van der Waals surface area contributed by atoms with Crippen LogP contribution < -0.4 is 15.0 Å². The Morgan fingerprint density at radius 2 is 1.90 bits per heavy atom. The minimum Gasteiger partial charge on any atom is -0.467 e. The number of benzene rings is 1. The van der Waals surface area contributed by atoms with Crippen molar-refractivity contribution in [2.24, 2.45) is 0 Å². The Balaban J connectivity index is 2.42. The number of aromatic nitrogens is 3. The maximum atomic E-state index is 13.0. The molecule has 0 aliphatic heterocycles. The van der Waals surface area contributed by atoms with E-state index in [9.17, 15) is 4.39 Å². The summed E-state index contributed by atoms with van der Waals surface area (Å²) in [7, 11) is 3.21. The lowest BCUT2D eigenvalue weighted by molar-refractivity contribution is 0.379. The molecule has 0 bridgehead atoms. The van der Waals surface area contributed by atoms with Gasteiger partial charge in [-0.25, -0.2) is 4.39 Å². The Morgan fingerprint density at radius 3 is 2.45 bits per heavy atom. The zero-order valence-corrected chi connectivity index (χ0v) is 11.6. The molecule has 0 unspecified atom stereocenters. The smallest absolute Gasteiger partial charge is 0.322 e. The van der Waals surface area contributed by atoms with Crippen molar-refractivity contribution in [3.8, 4) is 6.01 Å². The van der Waals surface area contributed by atoms with Crippen molar-refractivity contribution >= 4 is 17.6 Å². The Kier molecular flexibility index (Phi) is 4.29. The van der Waals surface area contributed by atoms with E-state index in [2.05, 4.69) is 20.3 Å². The van der Waals surface area contributed by atoms with E-state index < -0.39 is 0 Å². The van der Waals surface area contributed by atoms with Crippen LogP contribution in [-0.2, 0) is 0 Å². The highest BCUT2D eigenvalue weighted by Crippen LogP contribution is 2.24. The van der Waals surface area contributed by atoms with E-state index in [1.54, 1.807) is 19.2 Å². The molecule has 0 spiro atoms. The van der Waals surface area contributed by atoms with Gasteiger partial charge in [0.25, 0.3) is 0 Å². The average molecular weight is 277 g/mol. The van der Waals surface area contributed by atoms with Crippen molar-refractivity contribution in [3.05, 3.63) is 30.1 Å². The van der Waals surface area contributed by atoms with Gasteiger partial charge in [0.2, 0.25) is 11.9 Å². The molecule has 0 fully saturated rings. The Morgan fingerprint density at radius 1 is 1.20 bits per heavy atom. The molecule has 1 N–H and O–H groups in total. The van der Waals surface area contributed by atoms with E-state index in [0.717, 1.165) is 5.69 Å². The third kappa shape index (κ3) is 2.93. The molecule has 1 aromatic heterocycles. The number of methoxy groups -OCH3 is 1. The molecule has 0 saturated heterocycles. The maximum absolute atomic E-state index is 13.0. The summed E-state index contributed by atoms with van der Waals surface area (Å²) in [6.07, 6.45) is 0. The summed E-state index contributed by atoms with van der Waals surface area (Å²) in [6, 6.07) is 6.37. The van der Waals surface area contributed by atoms with Gasteiger partial charge in [-0.2, -0.15) is 15.0 Å². The van der Waals surface area contributed by atoms with Gasteiger partial charge in [-0.15, -0.1) is 0 Å². The average Bonchev–Trinajstić information content (AvgIpc) is 2.49. The highest BCUT2D eigenvalue weighted by atomic mass is 19.1. The molecule has 0 aliphatic rings. The second kappa shape index (κ2) is 6.14. The predicted octanol–water partition coefficient (Wildman–Crippen LogP) is 2.22. The van der Waals surface area contributed by atoms with Crippen molar-refractivity contribution in [1.29, 1.82) is 0 Å². The molecule has 20 heavy (non-hydrogen) atoms. The number of nitrogens with zero attached hydrogens (tertiary/aromatic N) is 4. The minimum absolute atomic E-state index is 0.222. The number of anilines is 3. The van der Waals surface area contributed by atoms with E-state index in [1.807, 2.05) is 11.8 Å². The van der Waals surface area contributed by atoms with Gasteiger partial charge in [0, 0.05) is 19.3 Å². The van der Waals surface area contributed by atoms with Gasteiger partial charge in [0.05, 0.1) is 7.11 Å². The summed E-state index contributed by atoms with van der Waals surface area (Å²) in [5.41, 5.74) is 0.796. The lowest BCUT2D eigenvalue weighted by Gasteiger charge is -2.21. The van der Waals surface area contributed by atoms with Gasteiger partial charge >= 0.3 is 6.01 Å². The van der Waals surface area contributed by atoms with Gasteiger partial charge in [0.15, 0.2) is 0 Å². The molecule has 1 heterocycles. The normalized spacial score (nSPS) is 10.2. The van der Waals surface area contributed by atoms with Gasteiger partial charge < -0.3 is 15.0 Å². The summed E-state index contributed by atoms with van der Waals surface area (Å²) in [5, 5.41) is 2.85. The number of rotatable bonds is 5. The third-order valence-corrected chi connectivity index (χ3v) is 2.71. The summed E-state index contributed by atoms with van der Waals surface area (Å²) < 4.78 is 18.1.